The number of nitrogens with zero attached hydrogens (tertiary/aromatic N) is 3. The van der Waals surface area contributed by atoms with E-state index in [1.54, 1.807) is 29.6 Å². The van der Waals surface area contributed by atoms with Crippen molar-refractivity contribution in [2.45, 2.75) is 10.4 Å². The average molecular weight is 311 g/mol. The van der Waals surface area contributed by atoms with Crippen molar-refractivity contribution < 1.29 is 13.2 Å². The van der Waals surface area contributed by atoms with Crippen molar-refractivity contribution >= 4 is 27.1 Å². The number of aryl methyl sites for hydroxylation is 1. The Bertz CT molecular complexity index is 728. The van der Waals surface area contributed by atoms with E-state index in [2.05, 4.69) is 4.98 Å². The van der Waals surface area contributed by atoms with Gasteiger partial charge in [0.2, 0.25) is 15.0 Å². The maximum Gasteiger partial charge on any atom is 0.254 e. The Balaban J connectivity index is 1.72. The molecular formula is C12H13N3O3S2. The topological polar surface area (TPSA) is 72.3 Å². The Morgan fingerprint density at radius 1 is 1.45 bits per heavy atom. The maximum absolute atomic E-state index is 12.3. The minimum atomic E-state index is -3.46. The summed E-state index contributed by atoms with van der Waals surface area (Å²) in [5.41, 5.74) is 0.614. The van der Waals surface area contributed by atoms with Crippen molar-refractivity contribution in [1.29, 1.82) is 0 Å². The van der Waals surface area contributed by atoms with Crippen LogP contribution in [0.1, 0.15) is 10.4 Å². The van der Waals surface area contributed by atoms with Crippen molar-refractivity contribution in [1.82, 2.24) is 14.5 Å². The third-order valence-electron chi connectivity index (χ3n) is 3.37. The summed E-state index contributed by atoms with van der Waals surface area (Å²) < 4.78 is 26.1. The standard InChI is InChI=1S/C12H13N3O3S2/c1-14-4-3-13-12(14)20(17,18)10-6-15(7-10)11(16)9-2-5-19-8-9/h2-5,8,10H,6-7H2,1H3. The van der Waals surface area contributed by atoms with Crippen molar-refractivity contribution in [3.05, 3.63) is 34.8 Å². The SMILES string of the molecule is Cn1ccnc1S(=O)(=O)C1CN(C(=O)c2ccsc2)C1. The Morgan fingerprint density at radius 2 is 2.20 bits per heavy atom. The van der Waals surface area contributed by atoms with Crippen LogP contribution < -0.4 is 0 Å². The van der Waals surface area contributed by atoms with Crippen molar-refractivity contribution in [3.63, 3.8) is 0 Å². The second-order valence-electron chi connectivity index (χ2n) is 4.71. The molecule has 2 aromatic rings. The van der Waals surface area contributed by atoms with Gasteiger partial charge < -0.3 is 9.47 Å². The number of carbonyl (C=O) groups excluding carboxylic acids is 1. The third kappa shape index (κ3) is 2.04. The molecule has 0 N–H and O–H groups in total. The zero-order chi connectivity index (χ0) is 14.3. The largest absolute Gasteiger partial charge is 0.336 e. The van der Waals surface area contributed by atoms with Crippen molar-refractivity contribution in [3.8, 4) is 0 Å². The van der Waals surface area contributed by atoms with E-state index in [4.69, 9.17) is 0 Å². The molecule has 20 heavy (non-hydrogen) atoms. The summed E-state index contributed by atoms with van der Waals surface area (Å²) in [7, 11) is -1.82. The molecule has 6 nitrogen and oxygen atoms in total. The predicted octanol–water partition coefficient (Wildman–Crippen LogP) is 0.780. The van der Waals surface area contributed by atoms with Gasteiger partial charge in [0.1, 0.15) is 5.25 Å². The smallest absolute Gasteiger partial charge is 0.254 e. The number of carbonyl (C=O) groups is 1. The van der Waals surface area contributed by atoms with Gasteiger partial charge in [-0.3, -0.25) is 4.79 Å². The fourth-order valence-corrected chi connectivity index (χ4v) is 4.49. The van der Waals surface area contributed by atoms with Gasteiger partial charge >= 0.3 is 0 Å². The first kappa shape index (κ1) is 13.3. The number of imidazole rings is 1. The third-order valence-corrected chi connectivity index (χ3v) is 6.14. The lowest BCUT2D eigenvalue weighted by molar-refractivity contribution is 0.0659. The summed E-state index contributed by atoms with van der Waals surface area (Å²) in [6.45, 7) is 0.452. The van der Waals surface area contributed by atoms with Crippen LogP contribution in [0.5, 0.6) is 0 Å². The Morgan fingerprint density at radius 3 is 2.75 bits per heavy atom. The van der Waals surface area contributed by atoms with Gasteiger partial charge in [-0.25, -0.2) is 13.4 Å². The molecule has 0 atom stereocenters. The molecule has 1 aliphatic heterocycles. The second-order valence-corrected chi connectivity index (χ2v) is 7.61. The zero-order valence-electron chi connectivity index (χ0n) is 10.8. The van der Waals surface area contributed by atoms with Gasteiger partial charge in [0.05, 0.1) is 5.56 Å². The molecule has 0 bridgehead atoms. The van der Waals surface area contributed by atoms with Crippen LogP contribution in [0.3, 0.4) is 0 Å². The van der Waals surface area contributed by atoms with Crippen molar-refractivity contribution in [2.24, 2.45) is 7.05 Å². The van der Waals surface area contributed by atoms with Crippen LogP contribution in [0.15, 0.2) is 34.4 Å². The summed E-state index contributed by atoms with van der Waals surface area (Å²) >= 11 is 1.45. The highest BCUT2D eigenvalue weighted by atomic mass is 32.2. The maximum atomic E-state index is 12.3. The monoisotopic (exact) mass is 311 g/mol. The minimum absolute atomic E-state index is 0.0603. The lowest BCUT2D eigenvalue weighted by Crippen LogP contribution is -2.57. The first-order valence-corrected chi connectivity index (χ1v) is 8.52. The van der Waals surface area contributed by atoms with E-state index in [1.165, 1.54) is 22.1 Å². The van der Waals surface area contributed by atoms with Gasteiger partial charge in [-0.15, -0.1) is 0 Å². The average Bonchev–Trinajstić information content (AvgIpc) is 2.96. The van der Waals surface area contributed by atoms with E-state index in [9.17, 15) is 13.2 Å². The number of thiophene rings is 1. The van der Waals surface area contributed by atoms with Crippen LogP contribution in [0.2, 0.25) is 0 Å². The molecule has 0 unspecified atom stereocenters. The van der Waals surface area contributed by atoms with Gasteiger partial charge in [0, 0.05) is 37.9 Å². The number of amides is 1. The number of likely N-dealkylation sites (tertiary alicyclic amines) is 1. The molecular weight excluding hydrogens is 298 g/mol. The second kappa shape index (κ2) is 4.71. The van der Waals surface area contributed by atoms with Gasteiger partial charge in [-0.2, -0.15) is 11.3 Å². The molecule has 1 saturated heterocycles. The molecule has 1 aliphatic rings. The zero-order valence-corrected chi connectivity index (χ0v) is 12.4. The van der Waals surface area contributed by atoms with Crippen molar-refractivity contribution in [2.75, 3.05) is 13.1 Å². The summed E-state index contributed by atoms with van der Waals surface area (Å²) in [6.07, 6.45) is 3.06. The fraction of sp³-hybridized carbons (Fsp3) is 0.333. The predicted molar refractivity (Wildman–Crippen MR) is 74.4 cm³/mol. The van der Waals surface area contributed by atoms with Crippen LogP contribution in [0.25, 0.3) is 0 Å². The summed E-state index contributed by atoms with van der Waals surface area (Å²) in [5, 5.41) is 3.09. The Kier molecular flexibility index (Phi) is 3.14. The Hall–Kier alpha value is -1.67. The number of sulfone groups is 1. The van der Waals surface area contributed by atoms with E-state index < -0.39 is 15.1 Å². The van der Waals surface area contributed by atoms with E-state index in [-0.39, 0.29) is 24.2 Å². The van der Waals surface area contributed by atoms with Crippen LogP contribution in [-0.2, 0) is 16.9 Å². The normalized spacial score (nSPS) is 16.1. The van der Waals surface area contributed by atoms with Crippen LogP contribution in [0, 0.1) is 0 Å². The number of aromatic nitrogens is 2. The van der Waals surface area contributed by atoms with Crippen LogP contribution >= 0.6 is 11.3 Å². The minimum Gasteiger partial charge on any atom is -0.336 e. The molecule has 0 aromatic carbocycles. The quantitative estimate of drug-likeness (QED) is 0.840. The highest BCUT2D eigenvalue weighted by Gasteiger charge is 2.42. The molecule has 0 saturated carbocycles. The van der Waals surface area contributed by atoms with Crippen LogP contribution in [0.4, 0.5) is 0 Å². The molecule has 2 aromatic heterocycles. The molecule has 1 fully saturated rings. The van der Waals surface area contributed by atoms with Gasteiger partial charge in [0.25, 0.3) is 5.91 Å². The number of rotatable bonds is 3. The van der Waals surface area contributed by atoms with E-state index in [0.717, 1.165) is 0 Å². The lowest BCUT2D eigenvalue weighted by atomic mass is 10.2. The van der Waals surface area contributed by atoms with E-state index in [0.29, 0.717) is 5.56 Å². The first-order valence-electron chi connectivity index (χ1n) is 6.03. The molecule has 0 aliphatic carbocycles. The molecule has 3 heterocycles. The van der Waals surface area contributed by atoms with Crippen LogP contribution in [-0.4, -0.2) is 47.1 Å². The van der Waals surface area contributed by atoms with E-state index in [1.807, 2.05) is 5.38 Å². The first-order chi connectivity index (χ1) is 9.50. The van der Waals surface area contributed by atoms with Gasteiger partial charge in [0.15, 0.2) is 0 Å². The lowest BCUT2D eigenvalue weighted by Gasteiger charge is -2.38. The fourth-order valence-electron chi connectivity index (χ4n) is 2.14. The summed E-state index contributed by atoms with van der Waals surface area (Å²) in [5.74, 6) is -0.113. The molecule has 1 amide bonds. The molecule has 106 valence electrons. The molecule has 3 rings (SSSR count). The summed E-state index contributed by atoms with van der Waals surface area (Å²) in [4.78, 5) is 17.5. The number of hydrogen-bond donors (Lipinski definition) is 0. The molecule has 8 heteroatoms. The highest BCUT2D eigenvalue weighted by Crippen LogP contribution is 2.24. The van der Waals surface area contributed by atoms with E-state index >= 15 is 0 Å². The van der Waals surface area contributed by atoms with Gasteiger partial charge in [-0.1, -0.05) is 0 Å². The number of hydrogen-bond acceptors (Lipinski definition) is 5. The van der Waals surface area contributed by atoms with Gasteiger partial charge in [-0.05, 0) is 11.4 Å². The summed E-state index contributed by atoms with van der Waals surface area (Å²) in [6, 6.07) is 1.74. The Labute approximate surface area is 120 Å². The molecule has 0 radical (unpaired) electrons. The highest BCUT2D eigenvalue weighted by molar-refractivity contribution is 7.92. The molecule has 0 spiro atoms.